The van der Waals surface area contributed by atoms with Crippen molar-refractivity contribution < 1.29 is 0 Å². The maximum absolute atomic E-state index is 6.33. The smallest absolute Gasteiger partial charge is 0.136 e. The van der Waals surface area contributed by atoms with Gasteiger partial charge in [0, 0.05) is 11.1 Å². The monoisotopic (exact) mass is 442 g/mol. The lowest BCUT2D eigenvalue weighted by molar-refractivity contribution is 1.19. The van der Waals surface area contributed by atoms with Crippen LogP contribution in [0.2, 0.25) is 0 Å². The van der Waals surface area contributed by atoms with E-state index in [2.05, 4.69) is 34.3 Å². The molecule has 4 rings (SSSR count). The number of aliphatic imine (C=N–C) groups is 2. The summed E-state index contributed by atoms with van der Waals surface area (Å²) in [5.74, 6) is 0. The number of halogens is 2. The molecule has 0 unspecified atom stereocenters. The van der Waals surface area contributed by atoms with Gasteiger partial charge < -0.3 is 0 Å². The topological polar surface area (TPSA) is 24.7 Å². The minimum atomic E-state index is 0.485. The molecule has 4 heteroatoms. The quantitative estimate of drug-likeness (QED) is 0.271. The molecule has 0 aromatic heterocycles. The van der Waals surface area contributed by atoms with Crippen LogP contribution in [0.1, 0.15) is 22.3 Å². The van der Waals surface area contributed by atoms with Crippen molar-refractivity contribution in [3.05, 3.63) is 131 Å². The molecular weight excluding hydrogens is 423 g/mol. The maximum Gasteiger partial charge on any atom is 0.136 e. The largest absolute Gasteiger partial charge is 0.236 e. The van der Waals surface area contributed by atoms with Gasteiger partial charge in [-0.1, -0.05) is 108 Å². The van der Waals surface area contributed by atoms with Crippen LogP contribution in [-0.2, 0) is 6.42 Å². The van der Waals surface area contributed by atoms with E-state index in [4.69, 9.17) is 23.2 Å². The first-order valence-corrected chi connectivity index (χ1v) is 10.7. The summed E-state index contributed by atoms with van der Waals surface area (Å²) in [6.45, 7) is 0. The molecule has 0 spiro atoms. The van der Waals surface area contributed by atoms with E-state index in [1.54, 1.807) is 0 Å². The van der Waals surface area contributed by atoms with Gasteiger partial charge in [0.1, 0.15) is 10.3 Å². The van der Waals surface area contributed by atoms with Gasteiger partial charge in [-0.05, 0) is 41.8 Å². The second-order valence-corrected chi connectivity index (χ2v) is 7.76. The highest BCUT2D eigenvalue weighted by Crippen LogP contribution is 2.21. The zero-order chi connectivity index (χ0) is 21.5. The molecule has 0 fully saturated rings. The fourth-order valence-corrected chi connectivity index (χ4v) is 3.57. The van der Waals surface area contributed by atoms with E-state index >= 15 is 0 Å². The van der Waals surface area contributed by atoms with Gasteiger partial charge in [-0.25, -0.2) is 9.98 Å². The first-order valence-electron chi connectivity index (χ1n) is 9.94. The van der Waals surface area contributed by atoms with E-state index < -0.39 is 0 Å². The molecule has 0 saturated carbocycles. The normalized spacial score (nSPS) is 12.1. The SMILES string of the molecule is Cl/C(=N\c1ccc(Cc2ccc(/N=C(\Cl)c3ccccc3)cc2)cc1)c1ccccc1. The molecule has 0 radical (unpaired) electrons. The highest BCUT2D eigenvalue weighted by atomic mass is 35.5. The van der Waals surface area contributed by atoms with Crippen molar-refractivity contribution in [1.82, 2.24) is 0 Å². The van der Waals surface area contributed by atoms with Gasteiger partial charge in [0.05, 0.1) is 11.4 Å². The number of benzene rings is 4. The fourth-order valence-electron chi connectivity index (χ4n) is 3.12. The van der Waals surface area contributed by atoms with Crippen LogP contribution in [-0.4, -0.2) is 10.3 Å². The predicted octanol–water partition coefficient (Wildman–Crippen LogP) is 7.91. The summed E-state index contributed by atoms with van der Waals surface area (Å²) >= 11 is 12.7. The van der Waals surface area contributed by atoms with Gasteiger partial charge in [0.25, 0.3) is 0 Å². The predicted molar refractivity (Wildman–Crippen MR) is 133 cm³/mol. The Kier molecular flexibility index (Phi) is 6.93. The van der Waals surface area contributed by atoms with E-state index in [0.29, 0.717) is 10.3 Å². The summed E-state index contributed by atoms with van der Waals surface area (Å²) in [7, 11) is 0. The summed E-state index contributed by atoms with van der Waals surface area (Å²) < 4.78 is 0. The molecule has 0 amide bonds. The lowest BCUT2D eigenvalue weighted by Gasteiger charge is -2.05. The van der Waals surface area contributed by atoms with Gasteiger partial charge in [-0.15, -0.1) is 0 Å². The molecule has 4 aromatic carbocycles. The molecule has 0 aliphatic rings. The highest BCUT2D eigenvalue weighted by molar-refractivity contribution is 6.70. The van der Waals surface area contributed by atoms with Gasteiger partial charge in [0.2, 0.25) is 0 Å². The van der Waals surface area contributed by atoms with Crippen LogP contribution >= 0.6 is 23.2 Å². The van der Waals surface area contributed by atoms with E-state index in [9.17, 15) is 0 Å². The van der Waals surface area contributed by atoms with Crippen LogP contribution in [0.4, 0.5) is 11.4 Å². The highest BCUT2D eigenvalue weighted by Gasteiger charge is 2.02. The number of nitrogens with zero attached hydrogens (tertiary/aromatic N) is 2. The third kappa shape index (κ3) is 5.91. The lowest BCUT2D eigenvalue weighted by atomic mass is 10.0. The van der Waals surface area contributed by atoms with Crippen LogP contribution < -0.4 is 0 Å². The van der Waals surface area contributed by atoms with Gasteiger partial charge in [-0.2, -0.15) is 0 Å². The Morgan fingerprint density at radius 1 is 0.484 bits per heavy atom. The Bertz CT molecular complexity index is 1080. The summed E-state index contributed by atoms with van der Waals surface area (Å²) in [5, 5.41) is 0.970. The lowest BCUT2D eigenvalue weighted by Crippen LogP contribution is -1.90. The Labute approximate surface area is 192 Å². The number of rotatable bonds is 6. The van der Waals surface area contributed by atoms with E-state index in [0.717, 1.165) is 28.9 Å². The third-order valence-corrected chi connectivity index (χ3v) is 5.36. The van der Waals surface area contributed by atoms with Crippen LogP contribution in [0.25, 0.3) is 0 Å². The molecule has 152 valence electrons. The first-order chi connectivity index (χ1) is 15.2. The van der Waals surface area contributed by atoms with E-state index in [1.807, 2.05) is 84.9 Å². The summed E-state index contributed by atoms with van der Waals surface area (Å²) in [5.41, 5.74) is 5.88. The Morgan fingerprint density at radius 2 is 0.839 bits per heavy atom. The Morgan fingerprint density at radius 3 is 1.19 bits per heavy atom. The second kappa shape index (κ2) is 10.2. The maximum atomic E-state index is 6.33. The van der Waals surface area contributed by atoms with Crippen LogP contribution in [0, 0.1) is 0 Å². The van der Waals surface area contributed by atoms with Crippen LogP contribution in [0.5, 0.6) is 0 Å². The zero-order valence-electron chi connectivity index (χ0n) is 16.7. The average molecular weight is 443 g/mol. The standard InChI is InChI=1S/C27H20Cl2N2/c28-26(22-7-3-1-4-8-22)30-24-15-11-20(12-16-24)19-21-13-17-25(18-14-21)31-27(29)23-9-5-2-6-10-23/h1-18H,19H2/b30-26-,31-27-. The average Bonchev–Trinajstić information content (AvgIpc) is 2.82. The molecule has 0 aliphatic carbocycles. The third-order valence-electron chi connectivity index (χ3n) is 4.76. The minimum Gasteiger partial charge on any atom is -0.236 e. The molecule has 0 N–H and O–H groups in total. The minimum absolute atomic E-state index is 0.485. The zero-order valence-corrected chi connectivity index (χ0v) is 18.3. The number of hydrogen-bond acceptors (Lipinski definition) is 2. The van der Waals surface area contributed by atoms with Crippen molar-refractivity contribution in [2.75, 3.05) is 0 Å². The molecule has 31 heavy (non-hydrogen) atoms. The molecule has 0 aliphatic heterocycles. The molecule has 0 atom stereocenters. The summed E-state index contributed by atoms with van der Waals surface area (Å²) in [6, 6.07) is 35.7. The summed E-state index contributed by atoms with van der Waals surface area (Å²) in [6.07, 6.45) is 0.826. The van der Waals surface area contributed by atoms with Crippen molar-refractivity contribution in [1.29, 1.82) is 0 Å². The fraction of sp³-hybridized carbons (Fsp3) is 0.0370. The molecule has 4 aromatic rings. The van der Waals surface area contributed by atoms with Crippen LogP contribution in [0.15, 0.2) is 119 Å². The Balaban J connectivity index is 1.42. The van der Waals surface area contributed by atoms with Gasteiger partial charge in [0.15, 0.2) is 0 Å². The molecule has 0 heterocycles. The van der Waals surface area contributed by atoms with Crippen LogP contribution in [0.3, 0.4) is 0 Å². The van der Waals surface area contributed by atoms with Crippen molar-refractivity contribution in [3.63, 3.8) is 0 Å². The first kappa shape index (κ1) is 21.0. The summed E-state index contributed by atoms with van der Waals surface area (Å²) in [4.78, 5) is 8.99. The van der Waals surface area contributed by atoms with E-state index in [-0.39, 0.29) is 0 Å². The molecule has 0 bridgehead atoms. The van der Waals surface area contributed by atoms with Crippen molar-refractivity contribution in [2.45, 2.75) is 6.42 Å². The van der Waals surface area contributed by atoms with Crippen molar-refractivity contribution in [3.8, 4) is 0 Å². The van der Waals surface area contributed by atoms with E-state index in [1.165, 1.54) is 11.1 Å². The second-order valence-electron chi connectivity index (χ2n) is 7.05. The van der Waals surface area contributed by atoms with Gasteiger partial charge >= 0.3 is 0 Å². The van der Waals surface area contributed by atoms with Crippen molar-refractivity contribution in [2.24, 2.45) is 9.98 Å². The molecule has 2 nitrogen and oxygen atoms in total. The number of hydrogen-bond donors (Lipinski definition) is 0. The van der Waals surface area contributed by atoms with Crippen molar-refractivity contribution >= 4 is 44.9 Å². The molecular formula is C27H20Cl2N2. The van der Waals surface area contributed by atoms with Gasteiger partial charge in [-0.3, -0.25) is 0 Å². The molecule has 0 saturated heterocycles. The Hall–Kier alpha value is -3.20.